The summed E-state index contributed by atoms with van der Waals surface area (Å²) < 4.78 is 0. The zero-order chi connectivity index (χ0) is 13.5. The highest BCUT2D eigenvalue weighted by molar-refractivity contribution is 5.78. The normalized spacial score (nSPS) is 25.2. The second-order valence-electron chi connectivity index (χ2n) is 5.66. The van der Waals surface area contributed by atoms with E-state index in [9.17, 15) is 4.79 Å². The van der Waals surface area contributed by atoms with E-state index in [1.54, 1.807) is 0 Å². The summed E-state index contributed by atoms with van der Waals surface area (Å²) in [6.45, 7) is 8.60. The number of carbonyl (C=O) groups is 1. The van der Waals surface area contributed by atoms with Crippen LogP contribution in [0.15, 0.2) is 0 Å². The molecule has 0 aromatic rings. The monoisotopic (exact) mass is 255 g/mol. The summed E-state index contributed by atoms with van der Waals surface area (Å²) in [5.41, 5.74) is 2.26. The third-order valence-corrected chi connectivity index (χ3v) is 4.43. The molecule has 1 saturated heterocycles. The Morgan fingerprint density at radius 3 is 2.72 bits per heavy atom. The standard InChI is InChI=1S/C14H29N3O/c1-4-6-13-7-5-9-17(10-8-13)12(3)11(2)14(18)16-15/h11-13H,4-10,15H2,1-3H3,(H,16,18). The summed E-state index contributed by atoms with van der Waals surface area (Å²) in [5.74, 6) is 5.99. The number of nitrogens with two attached hydrogens (primary N) is 1. The van der Waals surface area contributed by atoms with Crippen LogP contribution < -0.4 is 11.3 Å². The van der Waals surface area contributed by atoms with E-state index in [2.05, 4.69) is 24.2 Å². The van der Waals surface area contributed by atoms with Crippen molar-refractivity contribution >= 4 is 5.91 Å². The van der Waals surface area contributed by atoms with E-state index in [0.717, 1.165) is 19.0 Å². The van der Waals surface area contributed by atoms with Crippen LogP contribution in [0.3, 0.4) is 0 Å². The lowest BCUT2D eigenvalue weighted by Crippen LogP contribution is -2.46. The smallest absolute Gasteiger partial charge is 0.238 e. The number of amides is 1. The van der Waals surface area contributed by atoms with E-state index < -0.39 is 0 Å². The van der Waals surface area contributed by atoms with Gasteiger partial charge < -0.3 is 0 Å². The highest BCUT2D eigenvalue weighted by Gasteiger charge is 2.27. The van der Waals surface area contributed by atoms with Crippen molar-refractivity contribution in [2.75, 3.05) is 13.1 Å². The van der Waals surface area contributed by atoms with Crippen molar-refractivity contribution in [3.63, 3.8) is 0 Å². The molecule has 0 aromatic heterocycles. The van der Waals surface area contributed by atoms with Crippen LogP contribution in [0.5, 0.6) is 0 Å². The van der Waals surface area contributed by atoms with E-state index in [0.29, 0.717) is 0 Å². The van der Waals surface area contributed by atoms with Gasteiger partial charge in [0.15, 0.2) is 0 Å². The molecule has 0 aliphatic carbocycles. The minimum atomic E-state index is -0.0585. The van der Waals surface area contributed by atoms with Crippen molar-refractivity contribution in [3.8, 4) is 0 Å². The third kappa shape index (κ3) is 4.25. The fourth-order valence-electron chi connectivity index (χ4n) is 2.96. The highest BCUT2D eigenvalue weighted by atomic mass is 16.2. The van der Waals surface area contributed by atoms with Crippen molar-refractivity contribution < 1.29 is 4.79 Å². The molecule has 1 rings (SSSR count). The molecule has 3 unspecified atom stereocenters. The molecule has 1 aliphatic rings. The lowest BCUT2D eigenvalue weighted by Gasteiger charge is -2.31. The van der Waals surface area contributed by atoms with Gasteiger partial charge in [0.05, 0.1) is 5.92 Å². The first-order valence-corrected chi connectivity index (χ1v) is 7.34. The Balaban J connectivity index is 2.49. The van der Waals surface area contributed by atoms with Crippen molar-refractivity contribution in [1.82, 2.24) is 10.3 Å². The minimum Gasteiger partial charge on any atom is -0.300 e. The van der Waals surface area contributed by atoms with Gasteiger partial charge in [-0.25, -0.2) is 5.84 Å². The summed E-state index contributed by atoms with van der Waals surface area (Å²) in [5, 5.41) is 0. The van der Waals surface area contributed by atoms with E-state index in [4.69, 9.17) is 5.84 Å². The molecule has 0 saturated carbocycles. The molecular formula is C14H29N3O. The molecule has 3 N–H and O–H groups in total. The number of hydrogen-bond donors (Lipinski definition) is 2. The van der Waals surface area contributed by atoms with Gasteiger partial charge in [0.25, 0.3) is 0 Å². The maximum Gasteiger partial charge on any atom is 0.238 e. The second kappa shape index (κ2) is 7.74. The van der Waals surface area contributed by atoms with Crippen LogP contribution in [0.25, 0.3) is 0 Å². The quantitative estimate of drug-likeness (QED) is 0.448. The summed E-state index contributed by atoms with van der Waals surface area (Å²) in [6.07, 6.45) is 6.50. The summed E-state index contributed by atoms with van der Waals surface area (Å²) in [6, 6.07) is 0.272. The van der Waals surface area contributed by atoms with Crippen LogP contribution in [0.4, 0.5) is 0 Å². The molecule has 0 aromatic carbocycles. The minimum absolute atomic E-state index is 0.0438. The van der Waals surface area contributed by atoms with Gasteiger partial charge in [0, 0.05) is 6.04 Å². The topological polar surface area (TPSA) is 58.4 Å². The second-order valence-corrected chi connectivity index (χ2v) is 5.66. The van der Waals surface area contributed by atoms with Crippen LogP contribution in [0.2, 0.25) is 0 Å². The maximum absolute atomic E-state index is 11.6. The number of nitrogens with zero attached hydrogens (tertiary/aromatic N) is 1. The number of hydrazine groups is 1. The Morgan fingerprint density at radius 1 is 1.39 bits per heavy atom. The summed E-state index contributed by atoms with van der Waals surface area (Å²) in [4.78, 5) is 14.0. The SMILES string of the molecule is CCCC1CCCN(C(C)C(C)C(=O)NN)CC1. The summed E-state index contributed by atoms with van der Waals surface area (Å²) in [7, 11) is 0. The van der Waals surface area contributed by atoms with Gasteiger partial charge in [-0.2, -0.15) is 0 Å². The number of carbonyl (C=O) groups excluding carboxylic acids is 1. The van der Waals surface area contributed by atoms with E-state index in [1.807, 2.05) is 6.92 Å². The van der Waals surface area contributed by atoms with Gasteiger partial charge in [-0.1, -0.05) is 26.7 Å². The highest BCUT2D eigenvalue weighted by Crippen LogP contribution is 2.24. The summed E-state index contributed by atoms with van der Waals surface area (Å²) >= 11 is 0. The number of hydrogen-bond acceptors (Lipinski definition) is 3. The van der Waals surface area contributed by atoms with E-state index in [1.165, 1.54) is 32.1 Å². The lowest BCUT2D eigenvalue weighted by atomic mass is 9.96. The molecule has 106 valence electrons. The van der Waals surface area contributed by atoms with Gasteiger partial charge in [-0.3, -0.25) is 15.1 Å². The number of nitrogens with one attached hydrogen (secondary N) is 1. The van der Waals surface area contributed by atoms with Gasteiger partial charge >= 0.3 is 0 Å². The van der Waals surface area contributed by atoms with Crippen molar-refractivity contribution in [2.24, 2.45) is 17.7 Å². The number of rotatable bonds is 5. The number of likely N-dealkylation sites (tertiary alicyclic amines) is 1. The molecule has 0 bridgehead atoms. The molecule has 1 fully saturated rings. The van der Waals surface area contributed by atoms with Crippen LogP contribution in [0.1, 0.15) is 52.9 Å². The van der Waals surface area contributed by atoms with Gasteiger partial charge in [0.1, 0.15) is 0 Å². The first kappa shape index (κ1) is 15.4. The molecule has 3 atom stereocenters. The van der Waals surface area contributed by atoms with Gasteiger partial charge in [-0.05, 0) is 45.2 Å². The molecule has 1 aliphatic heterocycles. The van der Waals surface area contributed by atoms with E-state index >= 15 is 0 Å². The van der Waals surface area contributed by atoms with Crippen LogP contribution in [-0.4, -0.2) is 29.9 Å². The van der Waals surface area contributed by atoms with Gasteiger partial charge in [-0.15, -0.1) is 0 Å². The Morgan fingerprint density at radius 2 is 2.11 bits per heavy atom. The van der Waals surface area contributed by atoms with Gasteiger partial charge in [0.2, 0.25) is 5.91 Å². The van der Waals surface area contributed by atoms with Crippen molar-refractivity contribution in [2.45, 2.75) is 58.9 Å². The zero-order valence-electron chi connectivity index (χ0n) is 12.1. The average molecular weight is 255 g/mol. The molecule has 18 heavy (non-hydrogen) atoms. The molecule has 1 amide bonds. The van der Waals surface area contributed by atoms with Crippen LogP contribution >= 0.6 is 0 Å². The molecular weight excluding hydrogens is 226 g/mol. The first-order valence-electron chi connectivity index (χ1n) is 7.34. The Hall–Kier alpha value is -0.610. The molecule has 1 heterocycles. The predicted octanol–water partition coefficient (Wildman–Crippen LogP) is 1.90. The third-order valence-electron chi connectivity index (χ3n) is 4.43. The Kier molecular flexibility index (Phi) is 6.65. The van der Waals surface area contributed by atoms with Crippen molar-refractivity contribution in [3.05, 3.63) is 0 Å². The molecule has 0 radical (unpaired) electrons. The zero-order valence-corrected chi connectivity index (χ0v) is 12.1. The van der Waals surface area contributed by atoms with Crippen LogP contribution in [-0.2, 0) is 4.79 Å². The maximum atomic E-state index is 11.6. The van der Waals surface area contributed by atoms with Crippen molar-refractivity contribution in [1.29, 1.82) is 0 Å². The molecule has 0 spiro atoms. The molecule has 4 heteroatoms. The largest absolute Gasteiger partial charge is 0.300 e. The first-order chi connectivity index (χ1) is 8.60. The lowest BCUT2D eigenvalue weighted by molar-refractivity contribution is -0.126. The fourth-order valence-corrected chi connectivity index (χ4v) is 2.96. The van der Waals surface area contributed by atoms with Crippen LogP contribution in [0, 0.1) is 11.8 Å². The fraction of sp³-hybridized carbons (Fsp3) is 0.929. The average Bonchev–Trinajstić information content (AvgIpc) is 2.62. The van der Waals surface area contributed by atoms with E-state index in [-0.39, 0.29) is 17.9 Å². The molecule has 4 nitrogen and oxygen atoms in total. The Bertz CT molecular complexity index is 257. The Labute approximate surface area is 111 Å². The predicted molar refractivity (Wildman–Crippen MR) is 74.8 cm³/mol.